The zero-order chi connectivity index (χ0) is 12.0. The number of ketones is 1. The molecule has 1 aromatic carbocycles. The van der Waals surface area contributed by atoms with Gasteiger partial charge >= 0.3 is 0 Å². The van der Waals surface area contributed by atoms with Gasteiger partial charge in [-0.1, -0.05) is 0 Å². The van der Waals surface area contributed by atoms with Crippen LogP contribution in [-0.4, -0.2) is 18.4 Å². The SMILES string of the molecule is CC(=O)CCNc1ccc(OC(C)C)cc1. The first kappa shape index (κ1) is 12.6. The van der Waals surface area contributed by atoms with Crippen LogP contribution in [0.25, 0.3) is 0 Å². The van der Waals surface area contributed by atoms with E-state index in [1.165, 1.54) is 0 Å². The molecular formula is C13H19NO2. The maximum atomic E-state index is 10.7. The molecule has 0 radical (unpaired) electrons. The molecule has 1 aromatic rings. The van der Waals surface area contributed by atoms with Gasteiger partial charge in [-0.15, -0.1) is 0 Å². The first-order valence-corrected chi connectivity index (χ1v) is 5.58. The molecule has 0 saturated carbocycles. The zero-order valence-corrected chi connectivity index (χ0v) is 10.1. The molecule has 0 bridgehead atoms. The highest BCUT2D eigenvalue weighted by atomic mass is 16.5. The van der Waals surface area contributed by atoms with Crippen LogP contribution in [0.4, 0.5) is 5.69 Å². The summed E-state index contributed by atoms with van der Waals surface area (Å²) in [6, 6.07) is 7.77. The Kier molecular flexibility index (Phi) is 4.83. The average Bonchev–Trinajstić information content (AvgIpc) is 2.19. The van der Waals surface area contributed by atoms with E-state index in [1.54, 1.807) is 6.92 Å². The van der Waals surface area contributed by atoms with Crippen molar-refractivity contribution >= 4 is 11.5 Å². The molecule has 0 atom stereocenters. The first-order chi connectivity index (χ1) is 7.58. The smallest absolute Gasteiger partial charge is 0.131 e. The summed E-state index contributed by atoms with van der Waals surface area (Å²) in [6.07, 6.45) is 0.751. The molecule has 0 heterocycles. The Labute approximate surface area is 96.8 Å². The predicted molar refractivity (Wildman–Crippen MR) is 66.0 cm³/mol. The molecule has 0 amide bonds. The summed E-state index contributed by atoms with van der Waals surface area (Å²) in [7, 11) is 0. The van der Waals surface area contributed by atoms with E-state index in [0.29, 0.717) is 13.0 Å². The second-order valence-electron chi connectivity index (χ2n) is 4.07. The molecule has 0 saturated heterocycles. The van der Waals surface area contributed by atoms with Crippen LogP contribution < -0.4 is 10.1 Å². The van der Waals surface area contributed by atoms with Crippen LogP contribution in [0.2, 0.25) is 0 Å². The van der Waals surface area contributed by atoms with Crippen LogP contribution in [0, 0.1) is 0 Å². The summed E-state index contributed by atoms with van der Waals surface area (Å²) in [4.78, 5) is 10.7. The molecule has 1 rings (SSSR count). The third kappa shape index (κ3) is 4.82. The second-order valence-corrected chi connectivity index (χ2v) is 4.07. The van der Waals surface area contributed by atoms with Crippen molar-refractivity contribution < 1.29 is 9.53 Å². The summed E-state index contributed by atoms with van der Waals surface area (Å²) in [5, 5.41) is 3.18. The second kappa shape index (κ2) is 6.16. The first-order valence-electron chi connectivity index (χ1n) is 5.58. The Morgan fingerprint density at radius 2 is 1.94 bits per heavy atom. The zero-order valence-electron chi connectivity index (χ0n) is 10.1. The summed E-state index contributed by atoms with van der Waals surface area (Å²) in [5.74, 6) is 1.07. The molecule has 88 valence electrons. The Balaban J connectivity index is 2.42. The highest BCUT2D eigenvalue weighted by molar-refractivity contribution is 5.76. The minimum atomic E-state index is 0.191. The molecule has 0 aliphatic carbocycles. The lowest BCUT2D eigenvalue weighted by Gasteiger charge is -2.10. The van der Waals surface area contributed by atoms with E-state index in [0.717, 1.165) is 11.4 Å². The number of ether oxygens (including phenoxy) is 1. The van der Waals surface area contributed by atoms with Crippen molar-refractivity contribution in [2.24, 2.45) is 0 Å². The molecule has 0 aliphatic rings. The van der Waals surface area contributed by atoms with Gasteiger partial charge in [-0.05, 0) is 45.0 Å². The normalized spacial score (nSPS) is 10.2. The number of hydrogen-bond acceptors (Lipinski definition) is 3. The van der Waals surface area contributed by atoms with Crippen molar-refractivity contribution in [3.05, 3.63) is 24.3 Å². The van der Waals surface area contributed by atoms with Gasteiger partial charge in [0, 0.05) is 18.7 Å². The third-order valence-corrected chi connectivity index (χ3v) is 2.03. The number of benzene rings is 1. The average molecular weight is 221 g/mol. The number of hydrogen-bond donors (Lipinski definition) is 1. The number of rotatable bonds is 6. The fourth-order valence-electron chi connectivity index (χ4n) is 1.31. The van der Waals surface area contributed by atoms with Crippen molar-refractivity contribution in [1.29, 1.82) is 0 Å². The van der Waals surface area contributed by atoms with E-state index in [9.17, 15) is 4.79 Å². The Morgan fingerprint density at radius 3 is 2.44 bits per heavy atom. The Bertz CT molecular complexity index is 330. The lowest BCUT2D eigenvalue weighted by Crippen LogP contribution is -2.07. The van der Waals surface area contributed by atoms with Gasteiger partial charge in [-0.25, -0.2) is 0 Å². The largest absolute Gasteiger partial charge is 0.491 e. The summed E-state index contributed by atoms with van der Waals surface area (Å²) < 4.78 is 5.53. The van der Waals surface area contributed by atoms with Crippen LogP contribution in [0.3, 0.4) is 0 Å². The topological polar surface area (TPSA) is 38.3 Å². The van der Waals surface area contributed by atoms with Crippen LogP contribution in [0.5, 0.6) is 5.75 Å². The summed E-state index contributed by atoms with van der Waals surface area (Å²) >= 11 is 0. The summed E-state index contributed by atoms with van der Waals surface area (Å²) in [6.45, 7) is 6.28. The maximum Gasteiger partial charge on any atom is 0.131 e. The predicted octanol–water partition coefficient (Wildman–Crippen LogP) is 2.86. The molecule has 3 heteroatoms. The molecule has 1 N–H and O–H groups in total. The molecule has 3 nitrogen and oxygen atoms in total. The van der Waals surface area contributed by atoms with E-state index in [1.807, 2.05) is 38.1 Å². The quantitative estimate of drug-likeness (QED) is 0.802. The maximum absolute atomic E-state index is 10.7. The fraction of sp³-hybridized carbons (Fsp3) is 0.462. The number of carbonyl (C=O) groups is 1. The van der Waals surface area contributed by atoms with Crippen molar-refractivity contribution in [1.82, 2.24) is 0 Å². The van der Waals surface area contributed by atoms with Gasteiger partial charge < -0.3 is 10.1 Å². The van der Waals surface area contributed by atoms with E-state index in [2.05, 4.69) is 5.32 Å². The monoisotopic (exact) mass is 221 g/mol. The van der Waals surface area contributed by atoms with Gasteiger partial charge in [-0.2, -0.15) is 0 Å². The minimum Gasteiger partial charge on any atom is -0.491 e. The molecule has 0 unspecified atom stereocenters. The van der Waals surface area contributed by atoms with Gasteiger partial charge in [0.25, 0.3) is 0 Å². The van der Waals surface area contributed by atoms with Gasteiger partial charge in [0.1, 0.15) is 11.5 Å². The molecule has 0 fully saturated rings. The fourth-order valence-corrected chi connectivity index (χ4v) is 1.31. The lowest BCUT2D eigenvalue weighted by atomic mass is 10.2. The number of anilines is 1. The van der Waals surface area contributed by atoms with Gasteiger partial charge in [0.05, 0.1) is 6.10 Å². The molecule has 0 spiro atoms. The Morgan fingerprint density at radius 1 is 1.31 bits per heavy atom. The molecule has 16 heavy (non-hydrogen) atoms. The number of nitrogens with one attached hydrogen (secondary N) is 1. The van der Waals surface area contributed by atoms with Crippen LogP contribution in [-0.2, 0) is 4.79 Å². The van der Waals surface area contributed by atoms with E-state index < -0.39 is 0 Å². The van der Waals surface area contributed by atoms with E-state index >= 15 is 0 Å². The van der Waals surface area contributed by atoms with Crippen molar-refractivity contribution in [3.63, 3.8) is 0 Å². The standard InChI is InChI=1S/C13H19NO2/c1-10(2)16-13-6-4-12(5-7-13)14-9-8-11(3)15/h4-7,10,14H,8-9H2,1-3H3. The number of carbonyl (C=O) groups excluding carboxylic acids is 1. The van der Waals surface area contributed by atoms with Crippen LogP contribution in [0.15, 0.2) is 24.3 Å². The highest BCUT2D eigenvalue weighted by Gasteiger charge is 1.98. The van der Waals surface area contributed by atoms with E-state index in [4.69, 9.17) is 4.74 Å². The lowest BCUT2D eigenvalue weighted by molar-refractivity contribution is -0.116. The highest BCUT2D eigenvalue weighted by Crippen LogP contribution is 2.16. The summed E-state index contributed by atoms with van der Waals surface area (Å²) in [5.41, 5.74) is 1.01. The van der Waals surface area contributed by atoms with Crippen LogP contribution >= 0.6 is 0 Å². The van der Waals surface area contributed by atoms with Gasteiger partial charge in [-0.3, -0.25) is 4.79 Å². The number of Topliss-reactive ketones (excluding diaryl/α,β-unsaturated/α-hetero) is 1. The molecule has 0 aliphatic heterocycles. The van der Waals surface area contributed by atoms with Crippen molar-refractivity contribution in [2.45, 2.75) is 33.3 Å². The van der Waals surface area contributed by atoms with Crippen molar-refractivity contribution in [2.75, 3.05) is 11.9 Å². The van der Waals surface area contributed by atoms with Gasteiger partial charge in [0.2, 0.25) is 0 Å². The van der Waals surface area contributed by atoms with Crippen molar-refractivity contribution in [3.8, 4) is 5.75 Å². The molecular weight excluding hydrogens is 202 g/mol. The van der Waals surface area contributed by atoms with Crippen LogP contribution in [0.1, 0.15) is 27.2 Å². The molecule has 0 aromatic heterocycles. The van der Waals surface area contributed by atoms with E-state index in [-0.39, 0.29) is 11.9 Å². The van der Waals surface area contributed by atoms with Gasteiger partial charge in [0.15, 0.2) is 0 Å². The minimum absolute atomic E-state index is 0.191. The third-order valence-electron chi connectivity index (χ3n) is 2.03. The Hall–Kier alpha value is -1.51.